The highest BCUT2D eigenvalue weighted by Crippen LogP contribution is 2.35. The van der Waals surface area contributed by atoms with Crippen LogP contribution in [0.15, 0.2) is 12.1 Å². The molecule has 1 aromatic rings. The molecule has 3 nitrogen and oxygen atoms in total. The average molecular weight is 221 g/mol. The van der Waals surface area contributed by atoms with Gasteiger partial charge in [-0.15, -0.1) is 0 Å². The molecule has 1 aromatic carbocycles. The standard InChI is InChI=1S/C13H19NO2/c1-16-13-6-5-10(12(14)7-8-15)9-3-2-4-11(9)13/h5-6,12,15H,2-4,7-8,14H2,1H3. The van der Waals surface area contributed by atoms with Crippen LogP contribution in [0.4, 0.5) is 0 Å². The zero-order valence-electron chi connectivity index (χ0n) is 9.70. The summed E-state index contributed by atoms with van der Waals surface area (Å²) in [7, 11) is 1.71. The first-order valence-corrected chi connectivity index (χ1v) is 5.83. The Bertz CT molecular complexity index is 376. The Morgan fingerprint density at radius 2 is 2.12 bits per heavy atom. The van der Waals surface area contributed by atoms with Crippen LogP contribution in [-0.4, -0.2) is 18.8 Å². The fraction of sp³-hybridized carbons (Fsp3) is 0.538. The van der Waals surface area contributed by atoms with E-state index in [-0.39, 0.29) is 12.6 Å². The molecule has 0 bridgehead atoms. The van der Waals surface area contributed by atoms with Gasteiger partial charge in [0.05, 0.1) is 7.11 Å². The first-order chi connectivity index (χ1) is 7.77. The number of methoxy groups -OCH3 is 1. The molecule has 0 heterocycles. The number of aliphatic hydroxyl groups excluding tert-OH is 1. The highest BCUT2D eigenvalue weighted by Gasteiger charge is 2.21. The summed E-state index contributed by atoms with van der Waals surface area (Å²) in [6.07, 6.45) is 3.96. The molecule has 0 aromatic heterocycles. The number of ether oxygens (including phenoxy) is 1. The van der Waals surface area contributed by atoms with Crippen LogP contribution in [0.2, 0.25) is 0 Å². The predicted octanol–water partition coefficient (Wildman–Crippen LogP) is 1.57. The monoisotopic (exact) mass is 221 g/mol. The second-order valence-corrected chi connectivity index (χ2v) is 4.29. The minimum absolute atomic E-state index is 0.0530. The number of nitrogens with two attached hydrogens (primary N) is 1. The van der Waals surface area contributed by atoms with Crippen LogP contribution < -0.4 is 10.5 Å². The summed E-state index contributed by atoms with van der Waals surface area (Å²) in [4.78, 5) is 0. The van der Waals surface area contributed by atoms with Gasteiger partial charge < -0.3 is 15.6 Å². The molecule has 88 valence electrons. The minimum atomic E-state index is -0.0530. The fourth-order valence-corrected chi connectivity index (χ4v) is 2.53. The highest BCUT2D eigenvalue weighted by atomic mass is 16.5. The van der Waals surface area contributed by atoms with Gasteiger partial charge in [-0.3, -0.25) is 0 Å². The average Bonchev–Trinajstić information content (AvgIpc) is 2.76. The van der Waals surface area contributed by atoms with Gasteiger partial charge in [-0.05, 0) is 48.4 Å². The van der Waals surface area contributed by atoms with Crippen LogP contribution in [0.3, 0.4) is 0 Å². The molecule has 0 spiro atoms. The highest BCUT2D eigenvalue weighted by molar-refractivity contribution is 5.48. The first kappa shape index (κ1) is 11.4. The molecule has 1 unspecified atom stereocenters. The normalized spacial score (nSPS) is 15.9. The Morgan fingerprint density at radius 1 is 1.38 bits per heavy atom. The lowest BCUT2D eigenvalue weighted by atomic mass is 9.95. The van der Waals surface area contributed by atoms with Crippen molar-refractivity contribution in [2.45, 2.75) is 31.7 Å². The van der Waals surface area contributed by atoms with Crippen molar-refractivity contribution in [3.05, 3.63) is 28.8 Å². The second-order valence-electron chi connectivity index (χ2n) is 4.29. The third-order valence-corrected chi connectivity index (χ3v) is 3.34. The zero-order valence-corrected chi connectivity index (χ0v) is 9.70. The third kappa shape index (κ3) is 1.93. The number of aliphatic hydroxyl groups is 1. The number of benzene rings is 1. The molecule has 0 saturated carbocycles. The quantitative estimate of drug-likeness (QED) is 0.811. The summed E-state index contributed by atoms with van der Waals surface area (Å²) in [5, 5.41) is 8.94. The summed E-state index contributed by atoms with van der Waals surface area (Å²) in [5.41, 5.74) is 9.91. The molecule has 3 N–H and O–H groups in total. The molecule has 3 heteroatoms. The van der Waals surface area contributed by atoms with Crippen LogP contribution >= 0.6 is 0 Å². The van der Waals surface area contributed by atoms with E-state index >= 15 is 0 Å². The van der Waals surface area contributed by atoms with E-state index in [2.05, 4.69) is 0 Å². The SMILES string of the molecule is COc1ccc(C(N)CCO)c2c1CCC2. The van der Waals surface area contributed by atoms with Gasteiger partial charge in [-0.1, -0.05) is 6.07 Å². The van der Waals surface area contributed by atoms with Crippen LogP contribution in [0, 0.1) is 0 Å². The molecule has 0 amide bonds. The van der Waals surface area contributed by atoms with Crippen LogP contribution in [0.1, 0.15) is 35.6 Å². The van der Waals surface area contributed by atoms with Crippen molar-refractivity contribution in [2.75, 3.05) is 13.7 Å². The van der Waals surface area contributed by atoms with Gasteiger partial charge in [0.15, 0.2) is 0 Å². The molecule has 0 aliphatic heterocycles. The zero-order chi connectivity index (χ0) is 11.5. The van der Waals surface area contributed by atoms with Crippen molar-refractivity contribution < 1.29 is 9.84 Å². The number of fused-ring (bicyclic) bond motifs is 1. The lowest BCUT2D eigenvalue weighted by molar-refractivity contribution is 0.276. The predicted molar refractivity (Wildman–Crippen MR) is 63.7 cm³/mol. The summed E-state index contributed by atoms with van der Waals surface area (Å²) < 4.78 is 5.36. The van der Waals surface area contributed by atoms with Crippen molar-refractivity contribution in [2.24, 2.45) is 5.73 Å². The van der Waals surface area contributed by atoms with Crippen molar-refractivity contribution in [3.63, 3.8) is 0 Å². The van der Waals surface area contributed by atoms with E-state index in [0.29, 0.717) is 6.42 Å². The van der Waals surface area contributed by atoms with Crippen molar-refractivity contribution in [1.82, 2.24) is 0 Å². The summed E-state index contributed by atoms with van der Waals surface area (Å²) in [6.45, 7) is 0.141. The lowest BCUT2D eigenvalue weighted by Crippen LogP contribution is -2.14. The molecule has 0 radical (unpaired) electrons. The largest absolute Gasteiger partial charge is 0.496 e. The molecule has 0 fully saturated rings. The molecule has 16 heavy (non-hydrogen) atoms. The number of hydrogen-bond acceptors (Lipinski definition) is 3. The van der Waals surface area contributed by atoms with Gasteiger partial charge in [-0.2, -0.15) is 0 Å². The molecular weight excluding hydrogens is 202 g/mol. The van der Waals surface area contributed by atoms with Gasteiger partial charge in [0.25, 0.3) is 0 Å². The van der Waals surface area contributed by atoms with Crippen LogP contribution in [0.5, 0.6) is 5.75 Å². The van der Waals surface area contributed by atoms with E-state index in [1.807, 2.05) is 12.1 Å². The molecule has 1 aliphatic carbocycles. The van der Waals surface area contributed by atoms with E-state index in [9.17, 15) is 0 Å². The van der Waals surface area contributed by atoms with E-state index < -0.39 is 0 Å². The van der Waals surface area contributed by atoms with Gasteiger partial charge in [0, 0.05) is 12.6 Å². The second kappa shape index (κ2) is 4.85. The van der Waals surface area contributed by atoms with Crippen LogP contribution in [0.25, 0.3) is 0 Å². The van der Waals surface area contributed by atoms with Crippen molar-refractivity contribution in [3.8, 4) is 5.75 Å². The smallest absolute Gasteiger partial charge is 0.122 e. The van der Waals surface area contributed by atoms with Gasteiger partial charge in [0.1, 0.15) is 5.75 Å². The maximum Gasteiger partial charge on any atom is 0.122 e. The lowest BCUT2D eigenvalue weighted by Gasteiger charge is -2.17. The van der Waals surface area contributed by atoms with Crippen molar-refractivity contribution in [1.29, 1.82) is 0 Å². The first-order valence-electron chi connectivity index (χ1n) is 5.83. The molecule has 2 rings (SSSR count). The molecule has 1 atom stereocenters. The summed E-state index contributed by atoms with van der Waals surface area (Å²) in [6, 6.07) is 3.99. The third-order valence-electron chi connectivity index (χ3n) is 3.34. The number of rotatable bonds is 4. The van der Waals surface area contributed by atoms with E-state index in [4.69, 9.17) is 15.6 Å². The minimum Gasteiger partial charge on any atom is -0.496 e. The molecular formula is C13H19NO2. The van der Waals surface area contributed by atoms with Crippen molar-refractivity contribution >= 4 is 0 Å². The summed E-state index contributed by atoms with van der Waals surface area (Å²) in [5.74, 6) is 0.979. The maximum absolute atomic E-state index is 8.94. The van der Waals surface area contributed by atoms with E-state index in [1.54, 1.807) is 7.11 Å². The Kier molecular flexibility index (Phi) is 3.46. The Balaban J connectivity index is 2.37. The molecule has 0 saturated heterocycles. The maximum atomic E-state index is 8.94. The molecule has 1 aliphatic rings. The Morgan fingerprint density at radius 3 is 2.81 bits per heavy atom. The van der Waals surface area contributed by atoms with Gasteiger partial charge in [-0.25, -0.2) is 0 Å². The topological polar surface area (TPSA) is 55.5 Å². The summed E-state index contributed by atoms with van der Waals surface area (Å²) >= 11 is 0. The van der Waals surface area contributed by atoms with Gasteiger partial charge in [0.2, 0.25) is 0 Å². The van der Waals surface area contributed by atoms with Gasteiger partial charge >= 0.3 is 0 Å². The van der Waals surface area contributed by atoms with Crippen LogP contribution in [-0.2, 0) is 12.8 Å². The van der Waals surface area contributed by atoms with E-state index in [1.165, 1.54) is 23.1 Å². The Labute approximate surface area is 96.2 Å². The van der Waals surface area contributed by atoms with E-state index in [0.717, 1.165) is 18.6 Å². The number of hydrogen-bond donors (Lipinski definition) is 2. The fourth-order valence-electron chi connectivity index (χ4n) is 2.53. The Hall–Kier alpha value is -1.06.